The number of amides is 1. The Morgan fingerprint density at radius 1 is 1.16 bits per heavy atom. The molecule has 1 amide bonds. The van der Waals surface area contributed by atoms with Crippen LogP contribution in [0.15, 0.2) is 42.5 Å². The molecule has 31 heavy (non-hydrogen) atoms. The molecule has 0 unspecified atom stereocenters. The van der Waals surface area contributed by atoms with Crippen LogP contribution in [0.25, 0.3) is 22.2 Å². The number of nitrogens with one attached hydrogen (secondary N) is 1. The molecule has 160 valence electrons. The number of rotatable bonds is 7. The second-order valence-electron chi connectivity index (χ2n) is 7.50. The van der Waals surface area contributed by atoms with Crippen LogP contribution in [-0.4, -0.2) is 38.1 Å². The van der Waals surface area contributed by atoms with Crippen LogP contribution < -0.4 is 10.1 Å². The summed E-state index contributed by atoms with van der Waals surface area (Å²) in [6.07, 6.45) is 2.82. The van der Waals surface area contributed by atoms with Crippen molar-refractivity contribution in [2.75, 3.05) is 32.8 Å². The summed E-state index contributed by atoms with van der Waals surface area (Å²) in [5.74, 6) is 0.760. The minimum Gasteiger partial charge on any atom is -0.491 e. The lowest BCUT2D eigenvalue weighted by Gasteiger charge is -2.30. The second kappa shape index (κ2) is 9.11. The van der Waals surface area contributed by atoms with Gasteiger partial charge in [-0.25, -0.2) is 4.79 Å². The number of aromatic nitrogens is 1. The van der Waals surface area contributed by atoms with Crippen LogP contribution in [0.3, 0.4) is 0 Å². The van der Waals surface area contributed by atoms with Crippen molar-refractivity contribution in [3.8, 4) is 23.1 Å². The Hall–Kier alpha value is -3.50. The molecule has 4 rings (SSSR count). The summed E-state index contributed by atoms with van der Waals surface area (Å²) < 4.78 is 17.8. The molecular weight excluding hydrogens is 394 g/mol. The van der Waals surface area contributed by atoms with Gasteiger partial charge in [0.1, 0.15) is 18.4 Å². The normalized spacial score (nSPS) is 13.5. The summed E-state index contributed by atoms with van der Waals surface area (Å²) in [6, 6.07) is 16.1. The van der Waals surface area contributed by atoms with E-state index in [0.717, 1.165) is 40.8 Å². The number of fused-ring (bicyclic) bond motifs is 1. The third-order valence-electron chi connectivity index (χ3n) is 5.67. The highest BCUT2D eigenvalue weighted by molar-refractivity contribution is 5.96. The molecule has 0 bridgehead atoms. The standard InChI is InChI=1S/C24H25N3O4/c1-29-12-13-31-19-10-11-20-21(15-25)23(27(22(20)14-19)18-4-3-5-18)16-6-8-17(9-7-16)26-24(28)30-2/h6-11,14,18H,3-5,12-13H2,1-2H3,(H,26,28). The maximum absolute atomic E-state index is 11.5. The van der Waals surface area contributed by atoms with Gasteiger partial charge in [0.15, 0.2) is 0 Å². The highest BCUT2D eigenvalue weighted by Crippen LogP contribution is 2.43. The summed E-state index contributed by atoms with van der Waals surface area (Å²) in [7, 11) is 2.97. The van der Waals surface area contributed by atoms with Gasteiger partial charge >= 0.3 is 6.09 Å². The van der Waals surface area contributed by atoms with E-state index in [1.807, 2.05) is 42.5 Å². The fourth-order valence-corrected chi connectivity index (χ4v) is 3.92. The zero-order valence-corrected chi connectivity index (χ0v) is 17.7. The Balaban J connectivity index is 1.80. The van der Waals surface area contributed by atoms with E-state index in [2.05, 4.69) is 20.7 Å². The lowest BCUT2D eigenvalue weighted by atomic mass is 9.92. The first-order chi connectivity index (χ1) is 15.2. The van der Waals surface area contributed by atoms with E-state index in [4.69, 9.17) is 9.47 Å². The molecule has 7 nitrogen and oxygen atoms in total. The van der Waals surface area contributed by atoms with Crippen LogP contribution in [0.2, 0.25) is 0 Å². The van der Waals surface area contributed by atoms with E-state index in [0.29, 0.717) is 30.5 Å². The van der Waals surface area contributed by atoms with Crippen molar-refractivity contribution < 1.29 is 19.0 Å². The number of hydrogen-bond donors (Lipinski definition) is 1. The van der Waals surface area contributed by atoms with Crippen LogP contribution in [0, 0.1) is 11.3 Å². The summed E-state index contributed by atoms with van der Waals surface area (Å²) in [4.78, 5) is 11.5. The highest BCUT2D eigenvalue weighted by atomic mass is 16.5. The lowest BCUT2D eigenvalue weighted by Crippen LogP contribution is -2.18. The molecule has 1 aliphatic rings. The molecule has 1 N–H and O–H groups in total. The Kier molecular flexibility index (Phi) is 6.10. The fourth-order valence-electron chi connectivity index (χ4n) is 3.92. The van der Waals surface area contributed by atoms with E-state index < -0.39 is 6.09 Å². The average Bonchev–Trinajstić information content (AvgIpc) is 3.06. The van der Waals surface area contributed by atoms with Crippen molar-refractivity contribution in [3.63, 3.8) is 0 Å². The van der Waals surface area contributed by atoms with E-state index in [9.17, 15) is 10.1 Å². The van der Waals surface area contributed by atoms with E-state index in [-0.39, 0.29) is 0 Å². The molecular formula is C24H25N3O4. The van der Waals surface area contributed by atoms with Crippen molar-refractivity contribution in [1.82, 2.24) is 4.57 Å². The van der Waals surface area contributed by atoms with E-state index in [1.54, 1.807) is 7.11 Å². The van der Waals surface area contributed by atoms with Crippen molar-refractivity contribution in [3.05, 3.63) is 48.0 Å². The Morgan fingerprint density at radius 3 is 2.55 bits per heavy atom. The van der Waals surface area contributed by atoms with Gasteiger partial charge in [0.25, 0.3) is 0 Å². The molecule has 7 heteroatoms. The van der Waals surface area contributed by atoms with Gasteiger partial charge in [0, 0.05) is 30.3 Å². The van der Waals surface area contributed by atoms with Crippen LogP contribution in [0.5, 0.6) is 5.75 Å². The second-order valence-corrected chi connectivity index (χ2v) is 7.50. The zero-order valence-electron chi connectivity index (χ0n) is 17.7. The molecule has 0 atom stereocenters. The predicted octanol–water partition coefficient (Wildman–Crippen LogP) is 5.11. The topological polar surface area (TPSA) is 85.5 Å². The first kappa shape index (κ1) is 20.8. The van der Waals surface area contributed by atoms with E-state index >= 15 is 0 Å². The smallest absolute Gasteiger partial charge is 0.411 e. The van der Waals surface area contributed by atoms with E-state index in [1.165, 1.54) is 13.5 Å². The third kappa shape index (κ3) is 4.07. The number of methoxy groups -OCH3 is 2. The first-order valence-electron chi connectivity index (χ1n) is 10.3. The van der Waals surface area contributed by atoms with Crippen molar-refractivity contribution in [2.24, 2.45) is 0 Å². The van der Waals surface area contributed by atoms with Gasteiger partial charge in [-0.2, -0.15) is 5.26 Å². The molecule has 1 saturated carbocycles. The number of carbonyl (C=O) groups is 1. The maximum Gasteiger partial charge on any atom is 0.411 e. The molecule has 2 aromatic carbocycles. The van der Waals surface area contributed by atoms with Crippen molar-refractivity contribution in [1.29, 1.82) is 5.26 Å². The minimum absolute atomic E-state index is 0.349. The number of ether oxygens (including phenoxy) is 3. The molecule has 1 aromatic heterocycles. The fraction of sp³-hybridized carbons (Fsp3) is 0.333. The number of hydrogen-bond acceptors (Lipinski definition) is 5. The molecule has 1 heterocycles. The third-order valence-corrected chi connectivity index (χ3v) is 5.67. The summed E-state index contributed by atoms with van der Waals surface area (Å²) in [5.41, 5.74) is 4.12. The van der Waals surface area contributed by atoms with Crippen molar-refractivity contribution in [2.45, 2.75) is 25.3 Å². The van der Waals surface area contributed by atoms with Gasteiger partial charge in [-0.05, 0) is 49.1 Å². The van der Waals surface area contributed by atoms with Gasteiger partial charge < -0.3 is 18.8 Å². The monoisotopic (exact) mass is 419 g/mol. The average molecular weight is 419 g/mol. The van der Waals surface area contributed by atoms with Crippen LogP contribution in [0.4, 0.5) is 10.5 Å². The molecule has 0 radical (unpaired) electrons. The van der Waals surface area contributed by atoms with Crippen LogP contribution >= 0.6 is 0 Å². The summed E-state index contributed by atoms with van der Waals surface area (Å²) >= 11 is 0. The quantitative estimate of drug-likeness (QED) is 0.538. The number of benzene rings is 2. The summed E-state index contributed by atoms with van der Waals surface area (Å²) in [5, 5.41) is 13.6. The molecule has 0 aliphatic heterocycles. The van der Waals surface area contributed by atoms with Crippen molar-refractivity contribution >= 4 is 22.7 Å². The van der Waals surface area contributed by atoms with Gasteiger partial charge in [-0.3, -0.25) is 5.32 Å². The van der Waals surface area contributed by atoms with Gasteiger partial charge in [-0.1, -0.05) is 12.1 Å². The van der Waals surface area contributed by atoms with Gasteiger partial charge in [0.05, 0.1) is 30.5 Å². The number of anilines is 1. The molecule has 1 fully saturated rings. The molecule has 0 saturated heterocycles. The predicted molar refractivity (Wildman–Crippen MR) is 118 cm³/mol. The number of nitrogens with zero attached hydrogens (tertiary/aromatic N) is 2. The van der Waals surface area contributed by atoms with Crippen LogP contribution in [0.1, 0.15) is 30.9 Å². The SMILES string of the molecule is COCCOc1ccc2c(C#N)c(-c3ccc(NC(=O)OC)cc3)n(C3CCC3)c2c1. The lowest BCUT2D eigenvalue weighted by molar-refractivity contribution is 0.146. The zero-order chi connectivity index (χ0) is 21.8. The Morgan fingerprint density at radius 2 is 1.94 bits per heavy atom. The first-order valence-corrected chi connectivity index (χ1v) is 10.3. The Bertz CT molecular complexity index is 1120. The molecule has 1 aliphatic carbocycles. The van der Waals surface area contributed by atoms with Crippen LogP contribution in [-0.2, 0) is 9.47 Å². The minimum atomic E-state index is -0.518. The highest BCUT2D eigenvalue weighted by Gasteiger charge is 2.28. The van der Waals surface area contributed by atoms with Gasteiger partial charge in [0.2, 0.25) is 0 Å². The molecule has 3 aromatic rings. The Labute approximate surface area is 181 Å². The largest absolute Gasteiger partial charge is 0.491 e. The maximum atomic E-state index is 11.5. The molecule has 0 spiro atoms. The number of carbonyl (C=O) groups excluding carboxylic acids is 1. The van der Waals surface area contributed by atoms with Gasteiger partial charge in [-0.15, -0.1) is 0 Å². The number of nitriles is 1. The summed E-state index contributed by atoms with van der Waals surface area (Å²) in [6.45, 7) is 0.987.